The van der Waals surface area contributed by atoms with Crippen molar-refractivity contribution in [3.05, 3.63) is 0 Å². The van der Waals surface area contributed by atoms with E-state index < -0.39 is 7.60 Å². The molecule has 2 N–H and O–H groups in total. The Morgan fingerprint density at radius 3 is 1.04 bits per heavy atom. The summed E-state index contributed by atoms with van der Waals surface area (Å²) in [4.78, 5) is 17.5. The van der Waals surface area contributed by atoms with E-state index in [0.717, 1.165) is 12.8 Å². The van der Waals surface area contributed by atoms with E-state index in [1.165, 1.54) is 83.5 Å². The van der Waals surface area contributed by atoms with Crippen LogP contribution in [0.3, 0.4) is 0 Å². The van der Waals surface area contributed by atoms with Gasteiger partial charge in [-0.3, -0.25) is 4.57 Å². The summed E-state index contributed by atoms with van der Waals surface area (Å²) >= 11 is 0. The molecule has 0 rings (SSSR count). The standard InChI is InChI=1S/C18H39O3P.2Na.2H/c1-2-3-4-5-6-7-8-9-10-11-12-13-14-15-16-17-18-22(19,20)21;;;;/h2-18H2,1H3,(H2,19,20,21);;;;. The van der Waals surface area contributed by atoms with Crippen molar-refractivity contribution < 1.29 is 14.4 Å². The van der Waals surface area contributed by atoms with Gasteiger partial charge in [0.25, 0.3) is 0 Å². The van der Waals surface area contributed by atoms with Gasteiger partial charge in [-0.1, -0.05) is 103 Å². The van der Waals surface area contributed by atoms with Gasteiger partial charge in [-0.05, 0) is 6.42 Å². The van der Waals surface area contributed by atoms with E-state index in [2.05, 4.69) is 6.92 Å². The van der Waals surface area contributed by atoms with Crippen molar-refractivity contribution in [3.8, 4) is 0 Å². The molecule has 0 aromatic heterocycles. The topological polar surface area (TPSA) is 57.5 Å². The van der Waals surface area contributed by atoms with Crippen LogP contribution >= 0.6 is 7.60 Å². The molecule has 0 unspecified atom stereocenters. The molecule has 0 radical (unpaired) electrons. The molecule has 0 amide bonds. The van der Waals surface area contributed by atoms with Gasteiger partial charge in [0, 0.05) is 6.16 Å². The Hall–Kier alpha value is 2.15. The van der Waals surface area contributed by atoms with Gasteiger partial charge >= 0.3 is 66.7 Å². The van der Waals surface area contributed by atoms with Gasteiger partial charge in [-0.15, -0.1) is 0 Å². The summed E-state index contributed by atoms with van der Waals surface area (Å²) in [7, 11) is -3.75. The normalized spacial score (nSPS) is 11.0. The molecule has 0 heterocycles. The van der Waals surface area contributed by atoms with Gasteiger partial charge in [-0.2, -0.15) is 0 Å². The Morgan fingerprint density at radius 2 is 0.792 bits per heavy atom. The molecule has 24 heavy (non-hydrogen) atoms. The van der Waals surface area contributed by atoms with Gasteiger partial charge in [-0.25, -0.2) is 0 Å². The van der Waals surface area contributed by atoms with Crippen molar-refractivity contribution in [3.63, 3.8) is 0 Å². The molecule has 0 saturated carbocycles. The van der Waals surface area contributed by atoms with Crippen molar-refractivity contribution in [2.24, 2.45) is 0 Å². The van der Waals surface area contributed by atoms with Gasteiger partial charge in [0.05, 0.1) is 0 Å². The number of hydrogen-bond donors (Lipinski definition) is 2. The molecule has 3 nitrogen and oxygen atoms in total. The third-order valence-electron chi connectivity index (χ3n) is 4.30. The first-order chi connectivity index (χ1) is 10.6. The third-order valence-corrected chi connectivity index (χ3v) is 5.20. The fourth-order valence-corrected chi connectivity index (χ4v) is 3.50. The maximum absolute atomic E-state index is 10.7. The van der Waals surface area contributed by atoms with Crippen LogP contribution in [-0.2, 0) is 4.57 Å². The molecular formula is C18H41Na2O3P. The summed E-state index contributed by atoms with van der Waals surface area (Å²) in [5.74, 6) is 0. The Kier molecular flexibility index (Phi) is 29.8. The summed E-state index contributed by atoms with van der Waals surface area (Å²) in [5, 5.41) is 0. The molecule has 0 bridgehead atoms. The molecule has 6 heteroatoms. The Bertz CT molecular complexity index is 273. The van der Waals surface area contributed by atoms with Crippen molar-refractivity contribution in [1.82, 2.24) is 0 Å². The number of hydrogen-bond acceptors (Lipinski definition) is 1. The molecule has 0 aliphatic rings. The van der Waals surface area contributed by atoms with E-state index in [0.29, 0.717) is 6.42 Å². The summed E-state index contributed by atoms with van der Waals surface area (Å²) < 4.78 is 10.7. The van der Waals surface area contributed by atoms with E-state index in [9.17, 15) is 4.57 Å². The molecule has 0 aliphatic heterocycles. The van der Waals surface area contributed by atoms with Crippen LogP contribution in [-0.4, -0.2) is 75.1 Å². The zero-order chi connectivity index (χ0) is 16.5. The first kappa shape index (κ1) is 30.9. The summed E-state index contributed by atoms with van der Waals surface area (Å²) in [6.45, 7) is 2.27. The second kappa shape index (κ2) is 23.2. The van der Waals surface area contributed by atoms with E-state index >= 15 is 0 Å². The Morgan fingerprint density at radius 1 is 0.542 bits per heavy atom. The second-order valence-corrected chi connectivity index (χ2v) is 8.47. The van der Waals surface area contributed by atoms with Crippen molar-refractivity contribution in [1.29, 1.82) is 0 Å². The summed E-state index contributed by atoms with van der Waals surface area (Å²) in [6, 6.07) is 0. The van der Waals surface area contributed by atoms with Gasteiger partial charge in [0.1, 0.15) is 0 Å². The van der Waals surface area contributed by atoms with Crippen LogP contribution < -0.4 is 0 Å². The summed E-state index contributed by atoms with van der Waals surface area (Å²) in [6.07, 6.45) is 20.6. The SMILES string of the molecule is CCCCCCCCCCCCCCCCCCP(=O)(O)O.[NaH].[NaH]. The van der Waals surface area contributed by atoms with Crippen LogP contribution in [0.25, 0.3) is 0 Å². The van der Waals surface area contributed by atoms with Gasteiger partial charge in [0.15, 0.2) is 0 Å². The molecule has 0 aromatic carbocycles. The van der Waals surface area contributed by atoms with Gasteiger partial charge < -0.3 is 9.79 Å². The first-order valence-electron chi connectivity index (χ1n) is 9.61. The van der Waals surface area contributed by atoms with Crippen molar-refractivity contribution in [2.45, 2.75) is 110 Å². The molecule has 0 aromatic rings. The molecule has 0 aliphatic carbocycles. The minimum atomic E-state index is -3.75. The van der Waals surface area contributed by atoms with Crippen LogP contribution in [0.1, 0.15) is 110 Å². The zero-order valence-electron chi connectivity index (χ0n) is 14.8. The van der Waals surface area contributed by atoms with Crippen LogP contribution in [0.4, 0.5) is 0 Å². The fourth-order valence-electron chi connectivity index (χ4n) is 2.87. The minimum absolute atomic E-state index is 0. The molecule has 138 valence electrons. The predicted molar refractivity (Wildman–Crippen MR) is 111 cm³/mol. The monoisotopic (exact) mass is 382 g/mol. The van der Waals surface area contributed by atoms with E-state index in [1.807, 2.05) is 0 Å². The second-order valence-electron chi connectivity index (χ2n) is 6.69. The first-order valence-corrected chi connectivity index (χ1v) is 11.4. The van der Waals surface area contributed by atoms with Crippen LogP contribution in [0.5, 0.6) is 0 Å². The van der Waals surface area contributed by atoms with E-state index in [-0.39, 0.29) is 65.3 Å². The average molecular weight is 382 g/mol. The molecular weight excluding hydrogens is 341 g/mol. The van der Waals surface area contributed by atoms with Crippen LogP contribution in [0.2, 0.25) is 0 Å². The van der Waals surface area contributed by atoms with Crippen molar-refractivity contribution in [2.75, 3.05) is 6.16 Å². The van der Waals surface area contributed by atoms with Crippen LogP contribution in [0, 0.1) is 0 Å². The molecule has 0 fully saturated rings. The van der Waals surface area contributed by atoms with Gasteiger partial charge in [0.2, 0.25) is 0 Å². The fraction of sp³-hybridized carbons (Fsp3) is 1.00. The number of rotatable bonds is 17. The molecule has 0 spiro atoms. The average Bonchev–Trinajstić information content (AvgIpc) is 2.45. The predicted octanol–water partition coefficient (Wildman–Crippen LogP) is 5.13. The summed E-state index contributed by atoms with van der Waals surface area (Å²) in [5.41, 5.74) is 0. The Balaban J connectivity index is -0.00000220. The quantitative estimate of drug-likeness (QED) is 0.208. The van der Waals surface area contributed by atoms with E-state index in [4.69, 9.17) is 9.79 Å². The molecule has 0 atom stereocenters. The zero-order valence-corrected chi connectivity index (χ0v) is 15.7. The third kappa shape index (κ3) is 28.9. The Labute approximate surface area is 195 Å². The molecule has 0 saturated heterocycles. The maximum atomic E-state index is 10.7. The number of unbranched alkanes of at least 4 members (excludes halogenated alkanes) is 15. The van der Waals surface area contributed by atoms with Crippen molar-refractivity contribution >= 4 is 66.7 Å². The van der Waals surface area contributed by atoms with Crippen LogP contribution in [0.15, 0.2) is 0 Å². The van der Waals surface area contributed by atoms with E-state index in [1.54, 1.807) is 0 Å².